The number of benzene rings is 2. The molecule has 4 rings (SSSR count). The van der Waals surface area contributed by atoms with Gasteiger partial charge in [0.05, 0.1) is 18.8 Å². The first-order valence-electron chi connectivity index (χ1n) is 11.4. The summed E-state index contributed by atoms with van der Waals surface area (Å²) in [7, 11) is 0. The molecule has 0 fully saturated rings. The maximum Gasteiger partial charge on any atom is 0.414 e. The van der Waals surface area contributed by atoms with Crippen molar-refractivity contribution in [1.82, 2.24) is 4.90 Å². The van der Waals surface area contributed by atoms with Gasteiger partial charge < -0.3 is 14.2 Å². The number of carbonyl (C=O) groups excluding carboxylic acids is 2. The minimum Gasteiger partial charge on any atom is -0.489 e. The summed E-state index contributed by atoms with van der Waals surface area (Å²) in [5.74, 6) is -3.16. The SMILES string of the molecule is CC(C)(C)OC(=O)N1CC=C(c2cccc3c2OCCN3C(=O)OCc2ccccc2)C(F)(F)C1. The molecule has 9 heteroatoms. The van der Waals surface area contributed by atoms with Crippen LogP contribution in [0.25, 0.3) is 5.57 Å². The Morgan fingerprint density at radius 1 is 1.06 bits per heavy atom. The summed E-state index contributed by atoms with van der Waals surface area (Å²) in [6, 6.07) is 14.0. The quantitative estimate of drug-likeness (QED) is 0.574. The highest BCUT2D eigenvalue weighted by Crippen LogP contribution is 2.45. The minimum atomic E-state index is -3.34. The second-order valence-electron chi connectivity index (χ2n) is 9.38. The van der Waals surface area contributed by atoms with Crippen molar-refractivity contribution in [3.63, 3.8) is 0 Å². The lowest BCUT2D eigenvalue weighted by Crippen LogP contribution is -2.47. The fourth-order valence-electron chi connectivity index (χ4n) is 3.96. The average Bonchev–Trinajstić information content (AvgIpc) is 2.81. The Morgan fingerprint density at radius 3 is 2.49 bits per heavy atom. The summed E-state index contributed by atoms with van der Waals surface area (Å²) < 4.78 is 46.9. The summed E-state index contributed by atoms with van der Waals surface area (Å²) in [6.07, 6.45) is -0.0822. The second-order valence-corrected chi connectivity index (χ2v) is 9.38. The number of hydrogen-bond donors (Lipinski definition) is 0. The van der Waals surface area contributed by atoms with Crippen molar-refractivity contribution >= 4 is 23.4 Å². The molecule has 2 aromatic carbocycles. The third kappa shape index (κ3) is 5.55. The van der Waals surface area contributed by atoms with Crippen LogP contribution in [-0.4, -0.2) is 54.9 Å². The molecule has 0 aliphatic carbocycles. The van der Waals surface area contributed by atoms with E-state index in [0.29, 0.717) is 5.69 Å². The molecule has 2 aromatic rings. The number of ether oxygens (including phenoxy) is 3. The average molecular weight is 487 g/mol. The summed E-state index contributed by atoms with van der Waals surface area (Å²) in [4.78, 5) is 27.5. The molecular weight excluding hydrogens is 458 g/mol. The predicted octanol–water partition coefficient (Wildman–Crippen LogP) is 5.49. The van der Waals surface area contributed by atoms with Crippen molar-refractivity contribution in [3.05, 3.63) is 65.7 Å². The van der Waals surface area contributed by atoms with E-state index in [2.05, 4.69) is 0 Å². The molecule has 0 N–H and O–H groups in total. The Balaban J connectivity index is 1.56. The zero-order valence-electron chi connectivity index (χ0n) is 19.9. The van der Waals surface area contributed by atoms with Crippen molar-refractivity contribution in [2.45, 2.75) is 38.9 Å². The van der Waals surface area contributed by atoms with E-state index in [1.807, 2.05) is 30.3 Å². The molecule has 2 aliphatic rings. The summed E-state index contributed by atoms with van der Waals surface area (Å²) in [6.45, 7) is 4.64. The molecule has 0 saturated carbocycles. The van der Waals surface area contributed by atoms with Crippen LogP contribution in [0.3, 0.4) is 0 Å². The highest BCUT2D eigenvalue weighted by atomic mass is 19.3. The molecule has 0 radical (unpaired) electrons. The fraction of sp³-hybridized carbons (Fsp3) is 0.385. The van der Waals surface area contributed by atoms with E-state index < -0.39 is 30.3 Å². The molecule has 0 unspecified atom stereocenters. The Bertz CT molecular complexity index is 1130. The van der Waals surface area contributed by atoms with Gasteiger partial charge in [-0.3, -0.25) is 9.80 Å². The molecule has 7 nitrogen and oxygen atoms in total. The number of alkyl halides is 2. The Kier molecular flexibility index (Phi) is 6.69. The normalized spacial score (nSPS) is 17.1. The number of nitrogens with zero attached hydrogens (tertiary/aromatic N) is 2. The van der Waals surface area contributed by atoms with E-state index in [-0.39, 0.29) is 43.2 Å². The number of anilines is 1. The monoisotopic (exact) mass is 486 g/mol. The predicted molar refractivity (Wildman–Crippen MR) is 127 cm³/mol. The highest BCUT2D eigenvalue weighted by Gasteiger charge is 2.44. The third-order valence-electron chi connectivity index (χ3n) is 5.51. The largest absolute Gasteiger partial charge is 0.489 e. The standard InChI is InChI=1S/C26H28F2N2O5/c1-25(2,3)35-23(31)29-13-12-20(26(27,28)17-29)19-10-7-11-21-22(19)33-15-14-30(21)24(32)34-16-18-8-5-4-6-9-18/h4-12H,13-17H2,1-3H3. The van der Waals surface area contributed by atoms with Gasteiger partial charge in [-0.25, -0.2) is 9.59 Å². The van der Waals surface area contributed by atoms with Gasteiger partial charge in [0.25, 0.3) is 5.92 Å². The first kappa shape index (κ1) is 24.5. The van der Waals surface area contributed by atoms with Crippen LogP contribution in [0.2, 0.25) is 0 Å². The van der Waals surface area contributed by atoms with Crippen molar-refractivity contribution < 1.29 is 32.6 Å². The smallest absolute Gasteiger partial charge is 0.414 e. The lowest BCUT2D eigenvalue weighted by molar-refractivity contribution is -0.0106. The molecule has 0 saturated heterocycles. The number of halogens is 2. The lowest BCUT2D eigenvalue weighted by atomic mass is 9.94. The van der Waals surface area contributed by atoms with Gasteiger partial charge in [-0.2, -0.15) is 8.78 Å². The van der Waals surface area contributed by atoms with Crippen molar-refractivity contribution in [2.75, 3.05) is 31.1 Å². The van der Waals surface area contributed by atoms with Gasteiger partial charge in [0.15, 0.2) is 5.75 Å². The van der Waals surface area contributed by atoms with Crippen molar-refractivity contribution in [3.8, 4) is 5.75 Å². The second kappa shape index (κ2) is 9.56. The molecule has 0 spiro atoms. The van der Waals surface area contributed by atoms with Crippen LogP contribution < -0.4 is 9.64 Å². The number of fused-ring (bicyclic) bond motifs is 1. The molecule has 0 bridgehead atoms. The van der Waals surface area contributed by atoms with Gasteiger partial charge in [-0.05, 0) is 32.4 Å². The maximum atomic E-state index is 15.3. The number of rotatable bonds is 3. The zero-order valence-corrected chi connectivity index (χ0v) is 19.9. The van der Waals surface area contributed by atoms with Crippen LogP contribution in [0, 0.1) is 0 Å². The summed E-state index contributed by atoms with van der Waals surface area (Å²) in [5, 5.41) is 0. The maximum absolute atomic E-state index is 15.3. The number of para-hydroxylation sites is 1. The first-order chi connectivity index (χ1) is 16.5. The van der Waals surface area contributed by atoms with E-state index in [9.17, 15) is 9.59 Å². The Morgan fingerprint density at radius 2 is 1.80 bits per heavy atom. The van der Waals surface area contributed by atoms with E-state index in [1.54, 1.807) is 32.9 Å². The van der Waals surface area contributed by atoms with Crippen LogP contribution >= 0.6 is 0 Å². The van der Waals surface area contributed by atoms with E-state index in [4.69, 9.17) is 14.2 Å². The molecule has 186 valence electrons. The zero-order chi connectivity index (χ0) is 25.2. The number of carbonyl (C=O) groups is 2. The molecule has 2 amide bonds. The molecule has 35 heavy (non-hydrogen) atoms. The van der Waals surface area contributed by atoms with Gasteiger partial charge >= 0.3 is 12.2 Å². The third-order valence-corrected chi connectivity index (χ3v) is 5.51. The van der Waals surface area contributed by atoms with Gasteiger partial charge in [-0.1, -0.05) is 48.5 Å². The van der Waals surface area contributed by atoms with Crippen molar-refractivity contribution in [2.24, 2.45) is 0 Å². The van der Waals surface area contributed by atoms with Crippen LogP contribution in [0.4, 0.5) is 24.1 Å². The minimum absolute atomic E-state index is 0.0354. The van der Waals surface area contributed by atoms with Crippen LogP contribution in [0.15, 0.2) is 54.6 Å². The number of hydrogen-bond acceptors (Lipinski definition) is 5. The van der Waals surface area contributed by atoms with Crippen molar-refractivity contribution in [1.29, 1.82) is 0 Å². The molecular formula is C26H28F2N2O5. The van der Waals surface area contributed by atoms with Gasteiger partial charge in [0.1, 0.15) is 18.8 Å². The molecule has 0 aromatic heterocycles. The Labute approximate surface area is 202 Å². The van der Waals surface area contributed by atoms with Crippen LogP contribution in [0.5, 0.6) is 5.75 Å². The van der Waals surface area contributed by atoms with Crippen LogP contribution in [-0.2, 0) is 16.1 Å². The van der Waals surface area contributed by atoms with Gasteiger partial charge in [-0.15, -0.1) is 0 Å². The molecule has 2 heterocycles. The van der Waals surface area contributed by atoms with Gasteiger partial charge in [0.2, 0.25) is 0 Å². The first-order valence-corrected chi connectivity index (χ1v) is 11.4. The van der Waals surface area contributed by atoms with E-state index >= 15 is 8.78 Å². The fourth-order valence-corrected chi connectivity index (χ4v) is 3.96. The summed E-state index contributed by atoms with van der Waals surface area (Å²) in [5.41, 5.74) is 0.328. The van der Waals surface area contributed by atoms with Gasteiger partial charge in [0, 0.05) is 17.7 Å². The molecule has 0 atom stereocenters. The Hall–Kier alpha value is -3.62. The van der Waals surface area contributed by atoms with E-state index in [0.717, 1.165) is 10.5 Å². The molecule has 2 aliphatic heterocycles. The highest BCUT2D eigenvalue weighted by molar-refractivity contribution is 5.93. The number of amides is 2. The summed E-state index contributed by atoms with van der Waals surface area (Å²) >= 11 is 0. The lowest BCUT2D eigenvalue weighted by Gasteiger charge is -2.36. The topological polar surface area (TPSA) is 68.3 Å². The van der Waals surface area contributed by atoms with E-state index in [1.165, 1.54) is 17.0 Å². The van der Waals surface area contributed by atoms with Crippen LogP contribution in [0.1, 0.15) is 31.9 Å².